The molecule has 20 heavy (non-hydrogen) atoms. The van der Waals surface area contributed by atoms with E-state index in [9.17, 15) is 4.79 Å². The fraction of sp³-hybridized carbons (Fsp3) is 0.471. The number of hydrogen-bond donors (Lipinski definition) is 1. The van der Waals surface area contributed by atoms with Gasteiger partial charge in [0.25, 0.3) is 0 Å². The van der Waals surface area contributed by atoms with Gasteiger partial charge in [-0.25, -0.2) is 0 Å². The monoisotopic (exact) mass is 272 g/mol. The Kier molecular flexibility index (Phi) is 5.36. The lowest BCUT2D eigenvalue weighted by Gasteiger charge is -2.30. The Morgan fingerprint density at radius 2 is 1.85 bits per heavy atom. The van der Waals surface area contributed by atoms with E-state index < -0.39 is 0 Å². The predicted molar refractivity (Wildman–Crippen MR) is 82.4 cm³/mol. The molecule has 0 amide bonds. The Hall–Kier alpha value is -1.61. The summed E-state index contributed by atoms with van der Waals surface area (Å²) in [5, 5.41) is 3.46. The van der Waals surface area contributed by atoms with Gasteiger partial charge in [0.15, 0.2) is 5.78 Å². The number of rotatable bonds is 7. The molecule has 3 heteroatoms. The number of benzene rings is 1. The van der Waals surface area contributed by atoms with Crippen LogP contribution in [-0.2, 0) is 4.79 Å². The van der Waals surface area contributed by atoms with Crippen LogP contribution in [0.2, 0.25) is 0 Å². The van der Waals surface area contributed by atoms with Gasteiger partial charge in [0, 0.05) is 24.7 Å². The van der Waals surface area contributed by atoms with Gasteiger partial charge in [0.2, 0.25) is 0 Å². The van der Waals surface area contributed by atoms with Gasteiger partial charge in [-0.05, 0) is 25.1 Å². The zero-order valence-corrected chi connectivity index (χ0v) is 12.4. The molecular formula is C17H24N2O. The Balaban J connectivity index is 2.07. The maximum absolute atomic E-state index is 11.3. The number of allylic oxidation sites excluding steroid dienone is 2. The number of carbonyl (C=O) groups excluding carboxylic acids is 1. The van der Waals surface area contributed by atoms with Gasteiger partial charge < -0.3 is 5.32 Å². The van der Waals surface area contributed by atoms with Crippen LogP contribution in [0.4, 0.5) is 0 Å². The zero-order chi connectivity index (χ0) is 14.4. The highest BCUT2D eigenvalue weighted by molar-refractivity contribution is 5.92. The summed E-state index contributed by atoms with van der Waals surface area (Å²) in [6.07, 6.45) is 3.27. The predicted octanol–water partition coefficient (Wildman–Crippen LogP) is 2.91. The van der Waals surface area contributed by atoms with Crippen molar-refractivity contribution in [3.63, 3.8) is 0 Å². The summed E-state index contributed by atoms with van der Waals surface area (Å²) in [6.45, 7) is 7.28. The summed E-state index contributed by atoms with van der Waals surface area (Å²) < 4.78 is 0. The van der Waals surface area contributed by atoms with Gasteiger partial charge in [0.05, 0.1) is 6.04 Å². The van der Waals surface area contributed by atoms with Crippen LogP contribution < -0.4 is 5.32 Å². The van der Waals surface area contributed by atoms with E-state index in [4.69, 9.17) is 0 Å². The first-order valence-electron chi connectivity index (χ1n) is 7.50. The molecule has 3 nitrogen and oxygen atoms in total. The fourth-order valence-electron chi connectivity index (χ4n) is 2.76. The fourth-order valence-corrected chi connectivity index (χ4v) is 2.76. The van der Waals surface area contributed by atoms with E-state index in [0.29, 0.717) is 12.5 Å². The standard InChI is InChI=1S/C17H24N2O/c1-3-19(4-2)17(14-8-6-5-7-9-14)13-18-15-10-11-16(20)12-15/h5-9,12,17-18H,3-4,10-11,13H2,1-2H3. The number of ketones is 1. The van der Waals surface area contributed by atoms with Gasteiger partial charge in [-0.15, -0.1) is 0 Å². The molecule has 108 valence electrons. The van der Waals surface area contributed by atoms with E-state index >= 15 is 0 Å². The molecule has 1 aromatic rings. The minimum Gasteiger partial charge on any atom is -0.386 e. The summed E-state index contributed by atoms with van der Waals surface area (Å²) >= 11 is 0. The van der Waals surface area contributed by atoms with Crippen LogP contribution in [0.1, 0.15) is 38.3 Å². The molecule has 1 N–H and O–H groups in total. The van der Waals surface area contributed by atoms with Crippen molar-refractivity contribution < 1.29 is 4.79 Å². The third kappa shape index (κ3) is 3.70. The van der Waals surface area contributed by atoms with Crippen LogP contribution in [-0.4, -0.2) is 30.3 Å². The molecule has 1 aromatic carbocycles. The first kappa shape index (κ1) is 14.8. The van der Waals surface area contributed by atoms with Crippen molar-refractivity contribution in [2.75, 3.05) is 19.6 Å². The summed E-state index contributed by atoms with van der Waals surface area (Å²) in [5.41, 5.74) is 2.41. The minimum absolute atomic E-state index is 0.242. The molecule has 1 aliphatic carbocycles. The minimum atomic E-state index is 0.242. The first-order valence-corrected chi connectivity index (χ1v) is 7.50. The van der Waals surface area contributed by atoms with Crippen LogP contribution in [0, 0.1) is 0 Å². The topological polar surface area (TPSA) is 32.3 Å². The molecule has 0 radical (unpaired) electrons. The van der Waals surface area contributed by atoms with Crippen molar-refractivity contribution >= 4 is 5.78 Å². The summed E-state index contributed by atoms with van der Waals surface area (Å²) in [7, 11) is 0. The van der Waals surface area contributed by atoms with Crippen LogP contribution in [0.3, 0.4) is 0 Å². The molecular weight excluding hydrogens is 248 g/mol. The van der Waals surface area contributed by atoms with E-state index in [1.54, 1.807) is 6.08 Å². The van der Waals surface area contributed by atoms with Crippen LogP contribution in [0.5, 0.6) is 0 Å². The van der Waals surface area contributed by atoms with Crippen molar-refractivity contribution in [3.8, 4) is 0 Å². The zero-order valence-electron chi connectivity index (χ0n) is 12.4. The summed E-state index contributed by atoms with van der Waals surface area (Å²) in [4.78, 5) is 13.7. The second-order valence-corrected chi connectivity index (χ2v) is 5.16. The molecule has 0 bridgehead atoms. The third-order valence-electron chi connectivity index (χ3n) is 3.94. The Morgan fingerprint density at radius 3 is 2.40 bits per heavy atom. The van der Waals surface area contributed by atoms with Crippen molar-refractivity contribution in [3.05, 3.63) is 47.7 Å². The smallest absolute Gasteiger partial charge is 0.157 e. The molecule has 1 aliphatic rings. The van der Waals surface area contributed by atoms with Gasteiger partial charge in [0.1, 0.15) is 0 Å². The average Bonchev–Trinajstić information content (AvgIpc) is 2.90. The van der Waals surface area contributed by atoms with Crippen molar-refractivity contribution in [2.24, 2.45) is 0 Å². The van der Waals surface area contributed by atoms with E-state index in [1.165, 1.54) is 5.56 Å². The van der Waals surface area contributed by atoms with Gasteiger partial charge in [-0.3, -0.25) is 9.69 Å². The number of nitrogens with one attached hydrogen (secondary N) is 1. The highest BCUT2D eigenvalue weighted by Gasteiger charge is 2.19. The summed E-state index contributed by atoms with van der Waals surface area (Å²) in [6, 6.07) is 10.9. The van der Waals surface area contributed by atoms with Crippen molar-refractivity contribution in [2.45, 2.75) is 32.7 Å². The quantitative estimate of drug-likeness (QED) is 0.828. The normalized spacial score (nSPS) is 16.4. The number of likely N-dealkylation sites (N-methyl/N-ethyl adjacent to an activating group) is 1. The van der Waals surface area contributed by atoms with Crippen LogP contribution in [0.15, 0.2) is 42.1 Å². The Bertz CT molecular complexity index is 463. The van der Waals surface area contributed by atoms with E-state index in [0.717, 1.165) is 31.8 Å². The SMILES string of the molecule is CCN(CC)C(CNC1=CC(=O)CC1)c1ccccc1. The van der Waals surface area contributed by atoms with Gasteiger partial charge in [-0.2, -0.15) is 0 Å². The van der Waals surface area contributed by atoms with E-state index in [2.05, 4.69) is 48.3 Å². The van der Waals surface area contributed by atoms with Crippen molar-refractivity contribution in [1.29, 1.82) is 0 Å². The third-order valence-corrected chi connectivity index (χ3v) is 3.94. The van der Waals surface area contributed by atoms with Gasteiger partial charge >= 0.3 is 0 Å². The van der Waals surface area contributed by atoms with Gasteiger partial charge in [-0.1, -0.05) is 44.2 Å². The molecule has 0 heterocycles. The molecule has 1 atom stereocenters. The lowest BCUT2D eigenvalue weighted by molar-refractivity contribution is -0.114. The highest BCUT2D eigenvalue weighted by Crippen LogP contribution is 2.21. The number of nitrogens with zero attached hydrogens (tertiary/aromatic N) is 1. The molecule has 0 fully saturated rings. The molecule has 0 spiro atoms. The number of hydrogen-bond acceptors (Lipinski definition) is 3. The average molecular weight is 272 g/mol. The molecule has 0 saturated heterocycles. The van der Waals surface area contributed by atoms with E-state index in [1.807, 2.05) is 6.07 Å². The lowest BCUT2D eigenvalue weighted by Crippen LogP contribution is -2.35. The second-order valence-electron chi connectivity index (χ2n) is 5.16. The van der Waals surface area contributed by atoms with Crippen molar-refractivity contribution in [1.82, 2.24) is 10.2 Å². The molecule has 0 aliphatic heterocycles. The Labute approximate surface area is 121 Å². The second kappa shape index (κ2) is 7.25. The lowest BCUT2D eigenvalue weighted by atomic mass is 10.0. The largest absolute Gasteiger partial charge is 0.386 e. The summed E-state index contributed by atoms with van der Waals surface area (Å²) in [5.74, 6) is 0.242. The maximum Gasteiger partial charge on any atom is 0.157 e. The van der Waals surface area contributed by atoms with Crippen LogP contribution in [0.25, 0.3) is 0 Å². The number of carbonyl (C=O) groups is 1. The molecule has 0 aromatic heterocycles. The molecule has 0 saturated carbocycles. The van der Waals surface area contributed by atoms with E-state index in [-0.39, 0.29) is 5.78 Å². The molecule has 1 unspecified atom stereocenters. The molecule has 2 rings (SSSR count). The first-order chi connectivity index (χ1) is 9.74. The maximum atomic E-state index is 11.3. The Morgan fingerprint density at radius 1 is 1.15 bits per heavy atom. The highest BCUT2D eigenvalue weighted by atomic mass is 16.1. The van der Waals surface area contributed by atoms with Crippen LogP contribution >= 0.6 is 0 Å².